The Hall–Kier alpha value is -1.95. The Kier molecular flexibility index (Phi) is 1.90. The van der Waals surface area contributed by atoms with E-state index in [0.717, 1.165) is 5.56 Å². The van der Waals surface area contributed by atoms with Gasteiger partial charge in [-0.05, 0) is 6.07 Å². The van der Waals surface area contributed by atoms with Crippen molar-refractivity contribution in [3.8, 4) is 0 Å². The summed E-state index contributed by atoms with van der Waals surface area (Å²) in [6.45, 7) is 0.279. The van der Waals surface area contributed by atoms with E-state index >= 15 is 0 Å². The minimum absolute atomic E-state index is 0.279. The lowest BCUT2D eigenvalue weighted by Crippen LogP contribution is -1.96. The number of nitrogens with two attached hydrogens (primary N) is 1. The fourth-order valence-electron chi connectivity index (χ4n) is 1.24. The molecule has 0 spiro atoms. The van der Waals surface area contributed by atoms with E-state index in [1.165, 1.54) is 0 Å². The second kappa shape index (κ2) is 3.08. The number of rotatable bonds is 2. The van der Waals surface area contributed by atoms with Crippen LogP contribution in [-0.2, 0) is 6.54 Å². The van der Waals surface area contributed by atoms with Gasteiger partial charge in [-0.1, -0.05) is 12.1 Å². The molecule has 2 aromatic rings. The summed E-state index contributed by atoms with van der Waals surface area (Å²) in [4.78, 5) is 13.5. The number of hydrogen-bond donors (Lipinski definition) is 1. The van der Waals surface area contributed by atoms with Gasteiger partial charge in [0.2, 0.25) is 5.52 Å². The van der Waals surface area contributed by atoms with Crippen LogP contribution in [-0.4, -0.2) is 9.91 Å². The van der Waals surface area contributed by atoms with Crippen LogP contribution in [0, 0.1) is 10.1 Å². The maximum absolute atomic E-state index is 10.4. The van der Waals surface area contributed by atoms with Gasteiger partial charge in [0.05, 0.1) is 0 Å². The molecule has 0 radical (unpaired) electrons. The molecule has 72 valence electrons. The second-order valence-electron chi connectivity index (χ2n) is 2.72. The van der Waals surface area contributed by atoms with Crippen LogP contribution in [0.2, 0.25) is 0 Å². The molecule has 2 rings (SSSR count). The van der Waals surface area contributed by atoms with Gasteiger partial charge in [0, 0.05) is 22.0 Å². The predicted molar refractivity (Wildman–Crippen MR) is 48.6 cm³/mol. The Morgan fingerprint density at radius 1 is 1.57 bits per heavy atom. The van der Waals surface area contributed by atoms with Gasteiger partial charge in [0.1, 0.15) is 0 Å². The third kappa shape index (κ3) is 1.21. The highest BCUT2D eigenvalue weighted by Crippen LogP contribution is 2.22. The van der Waals surface area contributed by atoms with E-state index in [-0.39, 0.29) is 6.54 Å². The van der Waals surface area contributed by atoms with Crippen molar-refractivity contribution in [2.45, 2.75) is 6.54 Å². The van der Waals surface area contributed by atoms with Gasteiger partial charge in [0.25, 0.3) is 0 Å². The molecule has 0 atom stereocenters. The van der Waals surface area contributed by atoms with Crippen LogP contribution in [0.5, 0.6) is 0 Å². The van der Waals surface area contributed by atoms with Crippen LogP contribution in [0.15, 0.2) is 22.6 Å². The molecule has 6 nitrogen and oxygen atoms in total. The summed E-state index contributed by atoms with van der Waals surface area (Å²) in [5.74, 6) is 0. The summed E-state index contributed by atoms with van der Waals surface area (Å²) in [5.41, 5.74) is 7.03. The molecule has 14 heavy (non-hydrogen) atoms. The van der Waals surface area contributed by atoms with Crippen LogP contribution in [0.4, 0.5) is 6.01 Å². The van der Waals surface area contributed by atoms with Gasteiger partial charge in [-0.2, -0.15) is 0 Å². The highest BCUT2D eigenvalue weighted by Gasteiger charge is 2.19. The predicted octanol–water partition coefficient (Wildman–Crippen LogP) is 1.19. The van der Waals surface area contributed by atoms with E-state index in [1.807, 2.05) is 0 Å². The van der Waals surface area contributed by atoms with Gasteiger partial charge in [-0.25, -0.2) is 0 Å². The van der Waals surface area contributed by atoms with Gasteiger partial charge in [-0.15, -0.1) is 0 Å². The Labute approximate surface area is 78.5 Å². The van der Waals surface area contributed by atoms with E-state index in [9.17, 15) is 10.1 Å². The molecule has 0 aliphatic heterocycles. The van der Waals surface area contributed by atoms with E-state index in [1.54, 1.807) is 18.2 Å². The Morgan fingerprint density at radius 2 is 2.36 bits per heavy atom. The van der Waals surface area contributed by atoms with Crippen molar-refractivity contribution in [2.24, 2.45) is 5.73 Å². The van der Waals surface area contributed by atoms with Crippen molar-refractivity contribution in [1.29, 1.82) is 0 Å². The third-order valence-electron chi connectivity index (χ3n) is 1.87. The van der Waals surface area contributed by atoms with Crippen LogP contribution in [0.25, 0.3) is 11.1 Å². The van der Waals surface area contributed by atoms with Crippen molar-refractivity contribution < 1.29 is 9.34 Å². The minimum atomic E-state index is -0.666. The lowest BCUT2D eigenvalue weighted by Gasteiger charge is -1.90. The normalized spacial score (nSPS) is 10.6. The number of oxazole rings is 1. The zero-order chi connectivity index (χ0) is 10.1. The molecule has 0 unspecified atom stereocenters. The quantitative estimate of drug-likeness (QED) is 0.571. The highest BCUT2D eigenvalue weighted by atomic mass is 16.7. The zero-order valence-electron chi connectivity index (χ0n) is 7.14. The fraction of sp³-hybridized carbons (Fsp3) is 0.125. The van der Waals surface area contributed by atoms with Gasteiger partial charge in [-0.3, -0.25) is 0 Å². The molecular weight excluding hydrogens is 186 g/mol. The first-order valence-electron chi connectivity index (χ1n) is 3.95. The number of nitro groups is 1. The van der Waals surface area contributed by atoms with Crippen molar-refractivity contribution in [2.75, 3.05) is 0 Å². The van der Waals surface area contributed by atoms with Crippen LogP contribution >= 0.6 is 0 Å². The molecular formula is C8H7N3O3. The second-order valence-corrected chi connectivity index (χ2v) is 2.72. The molecule has 1 aromatic carbocycles. The third-order valence-corrected chi connectivity index (χ3v) is 1.87. The number of nitrogens with zero attached hydrogens (tertiary/aromatic N) is 2. The molecule has 1 aromatic heterocycles. The van der Waals surface area contributed by atoms with Crippen molar-refractivity contribution in [3.05, 3.63) is 33.9 Å². The Morgan fingerprint density at radius 3 is 3.00 bits per heavy atom. The first-order valence-corrected chi connectivity index (χ1v) is 3.95. The van der Waals surface area contributed by atoms with E-state index in [0.29, 0.717) is 11.1 Å². The monoisotopic (exact) mass is 193 g/mol. The maximum atomic E-state index is 10.4. The molecule has 0 aliphatic rings. The fourth-order valence-corrected chi connectivity index (χ4v) is 1.24. The highest BCUT2D eigenvalue weighted by molar-refractivity contribution is 5.77. The molecule has 1 heterocycles. The first-order chi connectivity index (χ1) is 6.72. The van der Waals surface area contributed by atoms with Crippen LogP contribution in [0.3, 0.4) is 0 Å². The Balaban J connectivity index is 2.70. The lowest BCUT2D eigenvalue weighted by atomic mass is 10.2. The van der Waals surface area contributed by atoms with E-state index in [4.69, 9.17) is 10.2 Å². The maximum Gasteiger partial charge on any atom is 0.546 e. The molecule has 0 amide bonds. The van der Waals surface area contributed by atoms with Crippen molar-refractivity contribution in [3.63, 3.8) is 0 Å². The molecule has 0 saturated heterocycles. The summed E-state index contributed by atoms with van der Waals surface area (Å²) < 4.78 is 4.91. The van der Waals surface area contributed by atoms with Gasteiger partial charge >= 0.3 is 6.01 Å². The molecule has 0 bridgehead atoms. The summed E-state index contributed by atoms with van der Waals surface area (Å²) in [6, 6.07) is 4.60. The molecule has 0 fully saturated rings. The van der Waals surface area contributed by atoms with Gasteiger partial charge < -0.3 is 20.3 Å². The minimum Gasteiger partial charge on any atom is -0.381 e. The topological polar surface area (TPSA) is 95.2 Å². The first kappa shape index (κ1) is 8.64. The number of aromatic nitrogens is 1. The average Bonchev–Trinajstić information content (AvgIpc) is 2.60. The number of benzene rings is 1. The van der Waals surface area contributed by atoms with E-state index in [2.05, 4.69) is 4.98 Å². The lowest BCUT2D eigenvalue weighted by molar-refractivity contribution is -0.406. The average molecular weight is 193 g/mol. The number of hydrogen-bond acceptors (Lipinski definition) is 5. The van der Waals surface area contributed by atoms with Crippen LogP contribution < -0.4 is 5.73 Å². The zero-order valence-corrected chi connectivity index (χ0v) is 7.14. The largest absolute Gasteiger partial charge is 0.546 e. The number of fused-ring (bicyclic) bond motifs is 1. The van der Waals surface area contributed by atoms with E-state index < -0.39 is 10.9 Å². The molecule has 6 heteroatoms. The summed E-state index contributed by atoms with van der Waals surface area (Å²) in [5, 5.41) is 10.4. The Bertz CT molecular complexity index is 492. The standard InChI is InChI=1S/C8H7N3O3/c9-4-5-2-1-3-6-7(5)10-8(14-6)11(12)13/h1-3H,4,9H2. The number of para-hydroxylation sites is 1. The van der Waals surface area contributed by atoms with Gasteiger partial charge in [0.15, 0.2) is 5.58 Å². The molecule has 0 saturated carbocycles. The summed E-state index contributed by atoms with van der Waals surface area (Å²) in [6.07, 6.45) is 0. The summed E-state index contributed by atoms with van der Waals surface area (Å²) >= 11 is 0. The van der Waals surface area contributed by atoms with Crippen molar-refractivity contribution in [1.82, 2.24) is 4.98 Å². The smallest absolute Gasteiger partial charge is 0.381 e. The summed E-state index contributed by atoms with van der Waals surface area (Å²) in [7, 11) is 0. The SMILES string of the molecule is NCc1cccc2oc([N+](=O)[O-])nc12. The molecule has 2 N–H and O–H groups in total. The van der Waals surface area contributed by atoms with Crippen LogP contribution in [0.1, 0.15) is 5.56 Å². The van der Waals surface area contributed by atoms with Crippen molar-refractivity contribution >= 4 is 17.1 Å². The molecule has 0 aliphatic carbocycles.